The standard InChI is InChI=1S/C17H22N2OS/c1-12-10-16(17(20)18-14-6-3-4-7-14)13(2)19(12)11-15-8-5-9-21-15/h5,8-10,14H,3-4,6-7,11H2,1-2H3,(H,18,20). The van der Waals surface area contributed by atoms with E-state index >= 15 is 0 Å². The minimum atomic E-state index is 0.0902. The van der Waals surface area contributed by atoms with Gasteiger partial charge in [0.1, 0.15) is 0 Å². The van der Waals surface area contributed by atoms with Crippen molar-refractivity contribution < 1.29 is 4.79 Å². The van der Waals surface area contributed by atoms with Crippen molar-refractivity contribution in [2.75, 3.05) is 0 Å². The van der Waals surface area contributed by atoms with Gasteiger partial charge in [-0.15, -0.1) is 11.3 Å². The van der Waals surface area contributed by atoms with Gasteiger partial charge in [-0.25, -0.2) is 0 Å². The third-order valence-electron chi connectivity index (χ3n) is 4.40. The molecule has 3 nitrogen and oxygen atoms in total. The monoisotopic (exact) mass is 302 g/mol. The van der Waals surface area contributed by atoms with Gasteiger partial charge in [0.05, 0.1) is 12.1 Å². The second-order valence-corrected chi connectivity index (χ2v) is 6.94. The quantitative estimate of drug-likeness (QED) is 0.913. The van der Waals surface area contributed by atoms with E-state index in [0.717, 1.165) is 36.3 Å². The fourth-order valence-electron chi connectivity index (χ4n) is 3.17. The molecular formula is C17H22N2OS. The fraction of sp³-hybridized carbons (Fsp3) is 0.471. The molecule has 2 aromatic rings. The van der Waals surface area contributed by atoms with Crippen LogP contribution in [0.2, 0.25) is 0 Å². The zero-order valence-corrected chi connectivity index (χ0v) is 13.5. The summed E-state index contributed by atoms with van der Waals surface area (Å²) in [5.41, 5.74) is 3.05. The van der Waals surface area contributed by atoms with Gasteiger partial charge in [0.15, 0.2) is 0 Å². The number of hydrogen-bond acceptors (Lipinski definition) is 2. The molecule has 0 bridgehead atoms. The van der Waals surface area contributed by atoms with Crippen LogP contribution in [0.5, 0.6) is 0 Å². The molecule has 2 aromatic heterocycles. The van der Waals surface area contributed by atoms with Crippen LogP contribution in [0, 0.1) is 13.8 Å². The van der Waals surface area contributed by atoms with Gasteiger partial charge in [-0.05, 0) is 44.2 Å². The molecule has 1 fully saturated rings. The van der Waals surface area contributed by atoms with E-state index in [1.807, 2.05) is 13.0 Å². The molecule has 1 aliphatic rings. The second kappa shape index (κ2) is 6.06. The number of rotatable bonds is 4. The Morgan fingerprint density at radius 1 is 1.38 bits per heavy atom. The molecular weight excluding hydrogens is 280 g/mol. The van der Waals surface area contributed by atoms with Crippen LogP contribution in [0.3, 0.4) is 0 Å². The molecule has 1 N–H and O–H groups in total. The Bertz CT molecular complexity index is 622. The Balaban J connectivity index is 1.78. The first-order valence-corrected chi connectivity index (χ1v) is 8.53. The topological polar surface area (TPSA) is 34.0 Å². The first-order chi connectivity index (χ1) is 10.1. The van der Waals surface area contributed by atoms with Crippen molar-refractivity contribution in [3.05, 3.63) is 45.4 Å². The van der Waals surface area contributed by atoms with Gasteiger partial charge in [-0.3, -0.25) is 4.79 Å². The van der Waals surface area contributed by atoms with Crippen LogP contribution in [-0.4, -0.2) is 16.5 Å². The number of amides is 1. The van der Waals surface area contributed by atoms with E-state index in [1.165, 1.54) is 17.7 Å². The number of nitrogens with zero attached hydrogens (tertiary/aromatic N) is 1. The average Bonchev–Trinajstić information content (AvgIpc) is 3.17. The average molecular weight is 302 g/mol. The molecule has 0 unspecified atom stereocenters. The van der Waals surface area contributed by atoms with E-state index < -0.39 is 0 Å². The number of carbonyl (C=O) groups excluding carboxylic acids is 1. The van der Waals surface area contributed by atoms with Crippen LogP contribution in [0.4, 0.5) is 0 Å². The minimum absolute atomic E-state index is 0.0902. The van der Waals surface area contributed by atoms with E-state index in [-0.39, 0.29) is 5.91 Å². The highest BCUT2D eigenvalue weighted by molar-refractivity contribution is 7.09. The largest absolute Gasteiger partial charge is 0.349 e. The second-order valence-electron chi connectivity index (χ2n) is 5.91. The van der Waals surface area contributed by atoms with Gasteiger partial charge in [0.2, 0.25) is 0 Å². The van der Waals surface area contributed by atoms with Gasteiger partial charge in [0.25, 0.3) is 5.91 Å². The Morgan fingerprint density at radius 2 is 2.14 bits per heavy atom. The van der Waals surface area contributed by atoms with Gasteiger partial charge in [-0.1, -0.05) is 18.9 Å². The highest BCUT2D eigenvalue weighted by Gasteiger charge is 2.21. The van der Waals surface area contributed by atoms with Crippen LogP contribution in [-0.2, 0) is 6.54 Å². The molecule has 0 saturated heterocycles. The number of nitrogens with one attached hydrogen (secondary N) is 1. The van der Waals surface area contributed by atoms with E-state index in [0.29, 0.717) is 6.04 Å². The molecule has 0 radical (unpaired) electrons. The van der Waals surface area contributed by atoms with Crippen molar-refractivity contribution in [1.82, 2.24) is 9.88 Å². The predicted molar refractivity (Wildman–Crippen MR) is 87.0 cm³/mol. The fourth-order valence-corrected chi connectivity index (χ4v) is 3.86. The smallest absolute Gasteiger partial charge is 0.253 e. The molecule has 4 heteroatoms. The van der Waals surface area contributed by atoms with Crippen LogP contribution in [0.1, 0.15) is 52.3 Å². The molecule has 0 aromatic carbocycles. The number of thiophene rings is 1. The van der Waals surface area contributed by atoms with Crippen molar-refractivity contribution in [2.45, 2.75) is 52.1 Å². The lowest BCUT2D eigenvalue weighted by molar-refractivity contribution is 0.0937. The van der Waals surface area contributed by atoms with E-state index in [2.05, 4.69) is 34.3 Å². The molecule has 0 spiro atoms. The lowest BCUT2D eigenvalue weighted by atomic mass is 10.2. The number of carbonyl (C=O) groups is 1. The normalized spacial score (nSPS) is 15.5. The van der Waals surface area contributed by atoms with E-state index in [1.54, 1.807) is 11.3 Å². The summed E-state index contributed by atoms with van der Waals surface area (Å²) < 4.78 is 2.23. The Kier molecular flexibility index (Phi) is 4.15. The lowest BCUT2D eigenvalue weighted by Gasteiger charge is -2.12. The van der Waals surface area contributed by atoms with Gasteiger partial charge >= 0.3 is 0 Å². The molecule has 1 aliphatic carbocycles. The summed E-state index contributed by atoms with van der Waals surface area (Å²) in [5.74, 6) is 0.0902. The van der Waals surface area contributed by atoms with Crippen LogP contribution in [0.25, 0.3) is 0 Å². The highest BCUT2D eigenvalue weighted by atomic mass is 32.1. The van der Waals surface area contributed by atoms with Crippen molar-refractivity contribution in [3.63, 3.8) is 0 Å². The molecule has 2 heterocycles. The summed E-state index contributed by atoms with van der Waals surface area (Å²) in [6.07, 6.45) is 4.73. The molecule has 1 amide bonds. The maximum Gasteiger partial charge on any atom is 0.253 e. The van der Waals surface area contributed by atoms with E-state index in [9.17, 15) is 4.79 Å². The maximum atomic E-state index is 12.5. The summed E-state index contributed by atoms with van der Waals surface area (Å²) in [7, 11) is 0. The van der Waals surface area contributed by atoms with Crippen LogP contribution >= 0.6 is 11.3 Å². The molecule has 0 atom stereocenters. The lowest BCUT2D eigenvalue weighted by Crippen LogP contribution is -2.32. The Morgan fingerprint density at radius 3 is 2.81 bits per heavy atom. The molecule has 3 rings (SSSR count). The number of aryl methyl sites for hydroxylation is 1. The van der Waals surface area contributed by atoms with Crippen molar-refractivity contribution >= 4 is 17.2 Å². The third kappa shape index (κ3) is 3.05. The van der Waals surface area contributed by atoms with Crippen molar-refractivity contribution in [3.8, 4) is 0 Å². The zero-order valence-electron chi connectivity index (χ0n) is 12.7. The Labute approximate surface area is 130 Å². The van der Waals surface area contributed by atoms with Gasteiger partial charge in [0, 0.05) is 22.3 Å². The molecule has 21 heavy (non-hydrogen) atoms. The summed E-state index contributed by atoms with van der Waals surface area (Å²) in [4.78, 5) is 13.8. The summed E-state index contributed by atoms with van der Waals surface area (Å²) in [6, 6.07) is 6.61. The highest BCUT2D eigenvalue weighted by Crippen LogP contribution is 2.21. The van der Waals surface area contributed by atoms with Crippen molar-refractivity contribution in [1.29, 1.82) is 0 Å². The predicted octanol–water partition coefficient (Wildman–Crippen LogP) is 3.89. The Hall–Kier alpha value is -1.55. The van der Waals surface area contributed by atoms with Crippen LogP contribution < -0.4 is 5.32 Å². The molecule has 1 saturated carbocycles. The van der Waals surface area contributed by atoms with E-state index in [4.69, 9.17) is 0 Å². The first kappa shape index (κ1) is 14.4. The van der Waals surface area contributed by atoms with Crippen LogP contribution in [0.15, 0.2) is 23.6 Å². The third-order valence-corrected chi connectivity index (χ3v) is 5.26. The SMILES string of the molecule is Cc1cc(C(=O)NC2CCCC2)c(C)n1Cc1cccs1. The van der Waals surface area contributed by atoms with Gasteiger partial charge in [-0.2, -0.15) is 0 Å². The van der Waals surface area contributed by atoms with Gasteiger partial charge < -0.3 is 9.88 Å². The van der Waals surface area contributed by atoms with Crippen molar-refractivity contribution in [2.24, 2.45) is 0 Å². The summed E-state index contributed by atoms with van der Waals surface area (Å²) in [5, 5.41) is 5.28. The summed E-state index contributed by atoms with van der Waals surface area (Å²) in [6.45, 7) is 4.98. The molecule has 112 valence electrons. The number of hydrogen-bond donors (Lipinski definition) is 1. The molecule has 0 aliphatic heterocycles. The minimum Gasteiger partial charge on any atom is -0.349 e. The first-order valence-electron chi connectivity index (χ1n) is 7.65. The number of aromatic nitrogens is 1. The maximum absolute atomic E-state index is 12.5. The zero-order chi connectivity index (χ0) is 14.8. The summed E-state index contributed by atoms with van der Waals surface area (Å²) >= 11 is 1.76.